The summed E-state index contributed by atoms with van der Waals surface area (Å²) in [5.41, 5.74) is 0. The van der Waals surface area contributed by atoms with E-state index in [1.165, 1.54) is 12.1 Å². The fourth-order valence-corrected chi connectivity index (χ4v) is 2.68. The third kappa shape index (κ3) is 4.26. The van der Waals surface area contributed by atoms with Crippen LogP contribution in [0.15, 0.2) is 27.6 Å². The number of carboxylic acid groups (broad SMARTS) is 1. The fourth-order valence-electron chi connectivity index (χ4n) is 1.34. The van der Waals surface area contributed by atoms with Crippen LogP contribution in [0, 0.1) is 11.7 Å². The highest BCUT2D eigenvalue weighted by molar-refractivity contribution is 9.10. The number of benzene rings is 1. The lowest BCUT2D eigenvalue weighted by Gasteiger charge is -2.11. The van der Waals surface area contributed by atoms with Crippen molar-refractivity contribution >= 4 is 31.9 Å². The summed E-state index contributed by atoms with van der Waals surface area (Å²) in [5, 5.41) is 8.82. The fraction of sp³-hybridized carbons (Fsp3) is 0.364. The maximum atomic E-state index is 13.3. The summed E-state index contributed by atoms with van der Waals surface area (Å²) in [7, 11) is -3.91. The lowest BCUT2D eigenvalue weighted by molar-refractivity contribution is -0.141. The zero-order chi connectivity index (χ0) is 14.6. The van der Waals surface area contributed by atoms with Crippen molar-refractivity contribution in [3.8, 4) is 0 Å². The lowest BCUT2D eigenvalue weighted by Crippen LogP contribution is -2.32. The first kappa shape index (κ1) is 16.1. The molecule has 1 rings (SSSR count). The van der Waals surface area contributed by atoms with Crippen molar-refractivity contribution in [2.45, 2.75) is 18.2 Å². The van der Waals surface area contributed by atoms with Gasteiger partial charge in [0.25, 0.3) is 0 Å². The van der Waals surface area contributed by atoms with E-state index in [4.69, 9.17) is 5.11 Å². The van der Waals surface area contributed by atoms with E-state index < -0.39 is 27.7 Å². The molecule has 0 aliphatic rings. The molecule has 106 valence electrons. The van der Waals surface area contributed by atoms with Gasteiger partial charge in [-0.15, -0.1) is 0 Å². The molecule has 0 amide bonds. The Labute approximate surface area is 119 Å². The average Bonchev–Trinajstić information content (AvgIpc) is 2.32. The lowest BCUT2D eigenvalue weighted by atomic mass is 10.1. The topological polar surface area (TPSA) is 83.5 Å². The SMILES string of the molecule is CCC(CNS(=O)(=O)c1ccc(Br)c(F)c1)C(=O)O. The summed E-state index contributed by atoms with van der Waals surface area (Å²) in [4.78, 5) is 10.5. The number of aliphatic carboxylic acids is 1. The Morgan fingerprint density at radius 3 is 2.63 bits per heavy atom. The molecule has 8 heteroatoms. The van der Waals surface area contributed by atoms with E-state index in [0.717, 1.165) is 6.07 Å². The van der Waals surface area contributed by atoms with E-state index in [9.17, 15) is 17.6 Å². The second-order valence-corrected chi connectivity index (χ2v) is 6.49. The number of sulfonamides is 1. The van der Waals surface area contributed by atoms with Crippen LogP contribution in [0.1, 0.15) is 13.3 Å². The van der Waals surface area contributed by atoms with E-state index in [-0.39, 0.29) is 15.9 Å². The van der Waals surface area contributed by atoms with Crippen molar-refractivity contribution in [1.82, 2.24) is 4.72 Å². The number of hydrogen-bond donors (Lipinski definition) is 2. The van der Waals surface area contributed by atoms with E-state index in [0.29, 0.717) is 6.42 Å². The number of rotatable bonds is 6. The molecule has 1 aromatic rings. The predicted octanol–water partition coefficient (Wildman–Crippen LogP) is 1.98. The molecule has 1 atom stereocenters. The van der Waals surface area contributed by atoms with Gasteiger partial charge in [0.1, 0.15) is 5.82 Å². The van der Waals surface area contributed by atoms with Crippen LogP contribution < -0.4 is 4.72 Å². The summed E-state index contributed by atoms with van der Waals surface area (Å²) in [6.07, 6.45) is 0.298. The highest BCUT2D eigenvalue weighted by Gasteiger charge is 2.21. The summed E-state index contributed by atoms with van der Waals surface area (Å²) in [6.45, 7) is 1.41. The van der Waals surface area contributed by atoms with Gasteiger partial charge in [-0.1, -0.05) is 6.92 Å². The maximum Gasteiger partial charge on any atom is 0.307 e. The smallest absolute Gasteiger partial charge is 0.307 e. The van der Waals surface area contributed by atoms with Gasteiger partial charge in [0.2, 0.25) is 10.0 Å². The van der Waals surface area contributed by atoms with Crippen molar-refractivity contribution in [3.05, 3.63) is 28.5 Å². The van der Waals surface area contributed by atoms with Crippen LogP contribution in [0.3, 0.4) is 0 Å². The average molecular weight is 354 g/mol. The predicted molar refractivity (Wildman–Crippen MR) is 70.7 cm³/mol. The first-order valence-electron chi connectivity index (χ1n) is 5.45. The first-order valence-corrected chi connectivity index (χ1v) is 7.73. The van der Waals surface area contributed by atoms with Crippen molar-refractivity contribution < 1.29 is 22.7 Å². The highest BCUT2D eigenvalue weighted by Crippen LogP contribution is 2.19. The van der Waals surface area contributed by atoms with Gasteiger partial charge in [-0.2, -0.15) is 0 Å². The van der Waals surface area contributed by atoms with Crippen LogP contribution in [0.4, 0.5) is 4.39 Å². The van der Waals surface area contributed by atoms with Gasteiger partial charge in [0, 0.05) is 6.54 Å². The number of halogens is 2. The minimum Gasteiger partial charge on any atom is -0.481 e. The number of nitrogens with one attached hydrogen (secondary N) is 1. The zero-order valence-electron chi connectivity index (χ0n) is 10.1. The second-order valence-electron chi connectivity index (χ2n) is 3.87. The summed E-state index contributed by atoms with van der Waals surface area (Å²) < 4.78 is 39.3. The molecule has 0 saturated carbocycles. The van der Waals surface area contributed by atoms with Crippen LogP contribution >= 0.6 is 15.9 Å². The van der Waals surface area contributed by atoms with Crippen LogP contribution in [0.2, 0.25) is 0 Å². The second kappa shape index (κ2) is 6.44. The molecule has 1 unspecified atom stereocenters. The molecule has 0 fully saturated rings. The van der Waals surface area contributed by atoms with Crippen LogP contribution in [-0.2, 0) is 14.8 Å². The molecule has 2 N–H and O–H groups in total. The molecule has 0 aromatic heterocycles. The van der Waals surface area contributed by atoms with Crippen molar-refractivity contribution in [3.63, 3.8) is 0 Å². The third-order valence-electron chi connectivity index (χ3n) is 2.56. The molecule has 0 aliphatic heterocycles. The van der Waals surface area contributed by atoms with Crippen LogP contribution in [-0.4, -0.2) is 26.0 Å². The Bertz CT molecular complexity index is 576. The molecule has 19 heavy (non-hydrogen) atoms. The minimum atomic E-state index is -3.91. The van der Waals surface area contributed by atoms with Gasteiger partial charge in [0.15, 0.2) is 0 Å². The van der Waals surface area contributed by atoms with Gasteiger partial charge in [-0.05, 0) is 40.5 Å². The number of hydrogen-bond acceptors (Lipinski definition) is 3. The summed E-state index contributed by atoms with van der Waals surface area (Å²) in [5.74, 6) is -2.59. The zero-order valence-corrected chi connectivity index (χ0v) is 12.5. The van der Waals surface area contributed by atoms with Gasteiger partial charge in [-0.3, -0.25) is 4.79 Å². The Kier molecular flexibility index (Phi) is 5.45. The molecule has 0 aliphatic carbocycles. The summed E-state index contributed by atoms with van der Waals surface area (Å²) >= 11 is 2.92. The minimum absolute atomic E-state index is 0.156. The van der Waals surface area contributed by atoms with E-state index in [2.05, 4.69) is 20.7 Å². The quantitative estimate of drug-likeness (QED) is 0.818. The van der Waals surface area contributed by atoms with Gasteiger partial charge >= 0.3 is 5.97 Å². The largest absolute Gasteiger partial charge is 0.481 e. The molecule has 0 radical (unpaired) electrons. The molecule has 0 bridgehead atoms. The van der Waals surface area contributed by atoms with Crippen LogP contribution in [0.25, 0.3) is 0 Å². The molecule has 0 spiro atoms. The van der Waals surface area contributed by atoms with E-state index in [1.54, 1.807) is 6.92 Å². The molecular weight excluding hydrogens is 341 g/mol. The van der Waals surface area contributed by atoms with E-state index >= 15 is 0 Å². The number of carbonyl (C=O) groups is 1. The van der Waals surface area contributed by atoms with Gasteiger partial charge in [-0.25, -0.2) is 17.5 Å². The summed E-state index contributed by atoms with van der Waals surface area (Å²) in [6, 6.07) is 3.38. The standard InChI is InChI=1S/C11H13BrFNO4S/c1-2-7(11(15)16)6-14-19(17,18)8-3-4-9(12)10(13)5-8/h3-5,7,14H,2,6H2,1H3,(H,15,16). The molecule has 0 saturated heterocycles. The Morgan fingerprint density at radius 1 is 1.53 bits per heavy atom. The monoisotopic (exact) mass is 353 g/mol. The van der Waals surface area contributed by atoms with E-state index in [1.807, 2.05) is 0 Å². The van der Waals surface area contributed by atoms with Crippen molar-refractivity contribution in [2.75, 3.05) is 6.54 Å². The first-order chi connectivity index (χ1) is 8.77. The Morgan fingerprint density at radius 2 is 2.16 bits per heavy atom. The van der Waals surface area contributed by atoms with Gasteiger partial charge in [0.05, 0.1) is 15.3 Å². The molecule has 1 aromatic carbocycles. The normalized spacial score (nSPS) is 13.2. The third-order valence-corrected chi connectivity index (χ3v) is 4.63. The maximum absolute atomic E-state index is 13.3. The van der Waals surface area contributed by atoms with Gasteiger partial charge < -0.3 is 5.11 Å². The molecule has 5 nitrogen and oxygen atoms in total. The molecular formula is C11H13BrFNO4S. The van der Waals surface area contributed by atoms with Crippen molar-refractivity contribution in [2.24, 2.45) is 5.92 Å². The highest BCUT2D eigenvalue weighted by atomic mass is 79.9. The Hall–Kier alpha value is -0.990. The van der Waals surface area contributed by atoms with Crippen molar-refractivity contribution in [1.29, 1.82) is 0 Å². The Balaban J connectivity index is 2.86. The number of carboxylic acids is 1. The van der Waals surface area contributed by atoms with Crippen LogP contribution in [0.5, 0.6) is 0 Å². The molecule has 0 heterocycles.